The van der Waals surface area contributed by atoms with Gasteiger partial charge < -0.3 is 9.47 Å². The molecule has 5 rings (SSSR count). The average Bonchev–Trinajstić information content (AvgIpc) is 3.07. The second-order valence-corrected chi connectivity index (χ2v) is 12.5. The summed E-state index contributed by atoms with van der Waals surface area (Å²) in [6, 6.07) is 9.28. The topological polar surface area (TPSA) is 18.5 Å². The Balaban J connectivity index is 1.22. The van der Waals surface area contributed by atoms with E-state index in [0.29, 0.717) is 74.9 Å². The van der Waals surface area contributed by atoms with Gasteiger partial charge in [-0.05, 0) is 116 Å². The van der Waals surface area contributed by atoms with E-state index in [4.69, 9.17) is 9.47 Å². The molecule has 1 unspecified atom stereocenters. The van der Waals surface area contributed by atoms with E-state index in [1.165, 1.54) is 18.2 Å². The Morgan fingerprint density at radius 1 is 0.543 bits per heavy atom. The third kappa shape index (κ3) is 7.26. The molecule has 2 nitrogen and oxygen atoms in total. The summed E-state index contributed by atoms with van der Waals surface area (Å²) in [6.45, 7) is 4.60. The maximum absolute atomic E-state index is 15.5. The molecule has 0 saturated heterocycles. The Morgan fingerprint density at radius 3 is 1.50 bits per heavy atom. The van der Waals surface area contributed by atoms with Crippen LogP contribution in [0.25, 0.3) is 5.57 Å². The maximum Gasteiger partial charge on any atom is 0.201 e. The van der Waals surface area contributed by atoms with Crippen LogP contribution in [0.4, 0.5) is 26.3 Å². The molecule has 2 aliphatic rings. The molecule has 0 N–H and O–H groups in total. The first-order valence-corrected chi connectivity index (χ1v) is 16.6. The van der Waals surface area contributed by atoms with Crippen LogP contribution in [0.3, 0.4) is 0 Å². The van der Waals surface area contributed by atoms with Crippen molar-refractivity contribution in [1.82, 2.24) is 0 Å². The molecule has 46 heavy (non-hydrogen) atoms. The number of rotatable bonds is 12. The minimum Gasteiger partial charge on any atom is -0.490 e. The zero-order valence-corrected chi connectivity index (χ0v) is 26.6. The van der Waals surface area contributed by atoms with Crippen LogP contribution in [0.1, 0.15) is 124 Å². The second kappa shape index (κ2) is 15.4. The fraction of sp³-hybridized carbons (Fsp3) is 0.474. The van der Waals surface area contributed by atoms with Crippen LogP contribution in [-0.4, -0.2) is 13.2 Å². The lowest BCUT2D eigenvalue weighted by molar-refractivity contribution is 0.286. The van der Waals surface area contributed by atoms with Gasteiger partial charge in [0.05, 0.1) is 13.2 Å². The average molecular weight is 645 g/mol. The SMILES string of the molecule is CCCCOc1ccc(C2=CCC(c3ccc(C4CCC(c5ccc(OCCCC)c(F)c5F)CC4)c(F)c3F)CC2)c(F)c1F. The maximum atomic E-state index is 15.5. The van der Waals surface area contributed by atoms with Crippen molar-refractivity contribution in [3.05, 3.63) is 99.6 Å². The Morgan fingerprint density at radius 2 is 1.00 bits per heavy atom. The minimum absolute atomic E-state index is 0.0892. The fourth-order valence-electron chi connectivity index (χ4n) is 6.80. The van der Waals surface area contributed by atoms with Crippen molar-refractivity contribution in [2.75, 3.05) is 13.2 Å². The molecule has 0 heterocycles. The van der Waals surface area contributed by atoms with Gasteiger partial charge in [0.15, 0.2) is 34.8 Å². The predicted molar refractivity (Wildman–Crippen MR) is 168 cm³/mol. The highest BCUT2D eigenvalue weighted by Crippen LogP contribution is 2.45. The number of halogens is 6. The van der Waals surface area contributed by atoms with E-state index in [-0.39, 0.29) is 40.4 Å². The Kier molecular flexibility index (Phi) is 11.4. The van der Waals surface area contributed by atoms with Gasteiger partial charge in [-0.1, -0.05) is 51.0 Å². The molecule has 3 aromatic rings. The number of hydrogen-bond acceptors (Lipinski definition) is 2. The Bertz CT molecular complexity index is 1540. The number of unbranched alkanes of at least 4 members (excludes halogenated alkanes) is 2. The van der Waals surface area contributed by atoms with Crippen LogP contribution in [0.2, 0.25) is 0 Å². The van der Waals surface area contributed by atoms with Gasteiger partial charge in [-0.2, -0.15) is 8.78 Å². The second-order valence-electron chi connectivity index (χ2n) is 12.5. The van der Waals surface area contributed by atoms with Gasteiger partial charge in [0.25, 0.3) is 0 Å². The monoisotopic (exact) mass is 644 g/mol. The van der Waals surface area contributed by atoms with Gasteiger partial charge in [0.1, 0.15) is 0 Å². The lowest BCUT2D eigenvalue weighted by atomic mass is 9.75. The molecule has 0 aliphatic heterocycles. The van der Waals surface area contributed by atoms with Crippen molar-refractivity contribution in [2.45, 2.75) is 102 Å². The van der Waals surface area contributed by atoms with E-state index in [2.05, 4.69) is 0 Å². The van der Waals surface area contributed by atoms with E-state index < -0.39 is 34.9 Å². The molecule has 0 bridgehead atoms. The van der Waals surface area contributed by atoms with E-state index in [1.54, 1.807) is 24.3 Å². The lowest BCUT2D eigenvalue weighted by Crippen LogP contribution is -2.16. The molecule has 248 valence electrons. The summed E-state index contributed by atoms with van der Waals surface area (Å²) >= 11 is 0. The molecular weight excluding hydrogens is 602 g/mol. The molecule has 1 atom stereocenters. The van der Waals surface area contributed by atoms with Crippen LogP contribution >= 0.6 is 0 Å². The van der Waals surface area contributed by atoms with E-state index in [1.807, 2.05) is 13.8 Å². The fourth-order valence-corrected chi connectivity index (χ4v) is 6.80. The molecule has 1 fully saturated rings. The van der Waals surface area contributed by atoms with Crippen LogP contribution < -0.4 is 9.47 Å². The zero-order valence-electron chi connectivity index (χ0n) is 26.6. The quantitative estimate of drug-likeness (QED) is 0.144. The number of hydrogen-bond donors (Lipinski definition) is 0. The highest BCUT2D eigenvalue weighted by molar-refractivity contribution is 5.68. The summed E-state index contributed by atoms with van der Waals surface area (Å²) in [5.74, 6) is -6.54. The highest BCUT2D eigenvalue weighted by atomic mass is 19.2. The molecular formula is C38H42F6O2. The number of allylic oxidation sites excluding steroid dienone is 2. The molecule has 1 saturated carbocycles. The van der Waals surface area contributed by atoms with Crippen LogP contribution in [-0.2, 0) is 0 Å². The van der Waals surface area contributed by atoms with Gasteiger partial charge in [-0.25, -0.2) is 17.6 Å². The van der Waals surface area contributed by atoms with E-state index in [0.717, 1.165) is 25.7 Å². The largest absolute Gasteiger partial charge is 0.490 e. The van der Waals surface area contributed by atoms with Crippen molar-refractivity contribution in [2.24, 2.45) is 0 Å². The molecule has 2 aliphatic carbocycles. The first-order valence-electron chi connectivity index (χ1n) is 16.6. The van der Waals surface area contributed by atoms with Gasteiger partial charge in [-0.15, -0.1) is 0 Å². The minimum atomic E-state index is -1.02. The van der Waals surface area contributed by atoms with Crippen molar-refractivity contribution in [3.63, 3.8) is 0 Å². The van der Waals surface area contributed by atoms with Crippen LogP contribution in [0, 0.1) is 34.9 Å². The van der Waals surface area contributed by atoms with Crippen LogP contribution in [0.5, 0.6) is 11.5 Å². The first-order chi connectivity index (χ1) is 22.2. The van der Waals surface area contributed by atoms with Crippen molar-refractivity contribution < 1.29 is 35.8 Å². The van der Waals surface area contributed by atoms with Crippen LogP contribution in [0.15, 0.2) is 42.5 Å². The van der Waals surface area contributed by atoms with Gasteiger partial charge in [0.2, 0.25) is 11.6 Å². The summed E-state index contributed by atoms with van der Waals surface area (Å²) in [4.78, 5) is 0. The van der Waals surface area contributed by atoms with Gasteiger partial charge >= 0.3 is 0 Å². The van der Waals surface area contributed by atoms with Crippen molar-refractivity contribution >= 4 is 5.57 Å². The summed E-state index contributed by atoms with van der Waals surface area (Å²) in [5, 5.41) is 0. The van der Waals surface area contributed by atoms with E-state index in [9.17, 15) is 17.6 Å². The number of benzene rings is 3. The molecule has 0 radical (unpaired) electrons. The number of ether oxygens (including phenoxy) is 2. The molecule has 3 aromatic carbocycles. The molecule has 0 amide bonds. The summed E-state index contributed by atoms with van der Waals surface area (Å²) < 4.78 is 101. The summed E-state index contributed by atoms with van der Waals surface area (Å²) in [6.07, 6.45) is 8.36. The first kappa shape index (κ1) is 33.9. The summed E-state index contributed by atoms with van der Waals surface area (Å²) in [7, 11) is 0. The lowest BCUT2D eigenvalue weighted by Gasteiger charge is -2.30. The standard InChI is InChI=1S/C38H42F6O2/c1-3-5-21-45-31-19-17-29(35(41)37(31)43)25-11-7-23(8-12-25)27-15-16-28(34(40)33(27)39)24-9-13-26(14-10-24)30-18-20-32(38(44)36(30)42)46-22-6-4-2/h11,15-20,23-24,26H,3-10,12-14,21-22H2,1-2H3. The molecule has 0 spiro atoms. The predicted octanol–water partition coefficient (Wildman–Crippen LogP) is 11.7. The molecule has 8 heteroatoms. The Labute approximate surface area is 267 Å². The molecule has 0 aromatic heterocycles. The van der Waals surface area contributed by atoms with Crippen molar-refractivity contribution in [1.29, 1.82) is 0 Å². The third-order valence-electron chi connectivity index (χ3n) is 9.58. The third-order valence-corrected chi connectivity index (χ3v) is 9.58. The van der Waals surface area contributed by atoms with E-state index >= 15 is 8.78 Å². The normalized spacial score (nSPS) is 20.0. The van der Waals surface area contributed by atoms with Crippen molar-refractivity contribution in [3.8, 4) is 11.5 Å². The van der Waals surface area contributed by atoms with Gasteiger partial charge in [0, 0.05) is 5.56 Å². The smallest absolute Gasteiger partial charge is 0.201 e. The summed E-state index contributed by atoms with van der Waals surface area (Å²) in [5.41, 5.74) is 1.67. The Hall–Kier alpha value is -3.42. The van der Waals surface area contributed by atoms with Gasteiger partial charge in [-0.3, -0.25) is 0 Å². The highest BCUT2D eigenvalue weighted by Gasteiger charge is 2.31. The zero-order chi connectivity index (χ0) is 32.8.